The molecular formula is C15H22O. The van der Waals surface area contributed by atoms with Gasteiger partial charge in [-0.1, -0.05) is 63.3 Å². The monoisotopic (exact) mass is 218 g/mol. The molecule has 0 aliphatic carbocycles. The zero-order chi connectivity index (χ0) is 12.0. The molecule has 0 saturated heterocycles. The van der Waals surface area contributed by atoms with Crippen LogP contribution in [0.4, 0.5) is 0 Å². The van der Waals surface area contributed by atoms with Crippen LogP contribution in [0, 0.1) is 5.41 Å². The average Bonchev–Trinajstić information content (AvgIpc) is 2.24. The first-order valence-electron chi connectivity index (χ1n) is 5.87. The molecule has 0 spiro atoms. The van der Waals surface area contributed by atoms with Gasteiger partial charge in [-0.05, 0) is 23.8 Å². The Labute approximate surface area is 98.8 Å². The standard InChI is InChI=1S/C15H22O/c1-15(2,3)14(16)12-8-7-11-13-9-5-4-6-10-13/h4-10,14,16H,11-12H2,1-3H3/b8-7+. The maximum atomic E-state index is 9.83. The largest absolute Gasteiger partial charge is 0.392 e. The van der Waals surface area contributed by atoms with Gasteiger partial charge in [0, 0.05) is 0 Å². The van der Waals surface area contributed by atoms with Crippen molar-refractivity contribution >= 4 is 0 Å². The van der Waals surface area contributed by atoms with Gasteiger partial charge in [0.15, 0.2) is 0 Å². The Bertz CT molecular complexity index is 319. The van der Waals surface area contributed by atoms with E-state index in [2.05, 4.69) is 45.1 Å². The van der Waals surface area contributed by atoms with Crippen LogP contribution in [-0.4, -0.2) is 11.2 Å². The number of aliphatic hydroxyl groups is 1. The molecule has 0 heterocycles. The summed E-state index contributed by atoms with van der Waals surface area (Å²) in [6.07, 6.45) is 5.61. The lowest BCUT2D eigenvalue weighted by Gasteiger charge is -2.24. The topological polar surface area (TPSA) is 20.2 Å². The molecule has 0 amide bonds. The third-order valence-corrected chi connectivity index (χ3v) is 2.72. The molecule has 0 fully saturated rings. The highest BCUT2D eigenvalue weighted by atomic mass is 16.3. The SMILES string of the molecule is CC(C)(C)C(O)C/C=C/Cc1ccccc1. The van der Waals surface area contributed by atoms with E-state index in [0.29, 0.717) is 0 Å². The van der Waals surface area contributed by atoms with E-state index in [1.807, 2.05) is 18.2 Å². The fraction of sp³-hybridized carbons (Fsp3) is 0.467. The summed E-state index contributed by atoms with van der Waals surface area (Å²) in [6, 6.07) is 10.4. The fourth-order valence-electron chi connectivity index (χ4n) is 1.41. The quantitative estimate of drug-likeness (QED) is 0.766. The summed E-state index contributed by atoms with van der Waals surface area (Å²) in [5.74, 6) is 0. The molecule has 0 aromatic heterocycles. The molecule has 1 aromatic carbocycles. The maximum Gasteiger partial charge on any atom is 0.0622 e. The normalized spacial score (nSPS) is 14.2. The molecule has 0 saturated carbocycles. The molecule has 1 rings (SSSR count). The van der Waals surface area contributed by atoms with Crippen LogP contribution >= 0.6 is 0 Å². The molecular weight excluding hydrogens is 196 g/mol. The summed E-state index contributed by atoms with van der Waals surface area (Å²) in [7, 11) is 0. The van der Waals surface area contributed by atoms with Crippen LogP contribution in [0.1, 0.15) is 32.8 Å². The van der Waals surface area contributed by atoms with Gasteiger partial charge >= 0.3 is 0 Å². The van der Waals surface area contributed by atoms with Crippen LogP contribution in [0.15, 0.2) is 42.5 Å². The van der Waals surface area contributed by atoms with Crippen molar-refractivity contribution in [3.05, 3.63) is 48.0 Å². The van der Waals surface area contributed by atoms with E-state index < -0.39 is 0 Å². The second-order valence-corrected chi connectivity index (χ2v) is 5.28. The van der Waals surface area contributed by atoms with Gasteiger partial charge in [0.05, 0.1) is 6.10 Å². The van der Waals surface area contributed by atoms with Gasteiger partial charge in [-0.2, -0.15) is 0 Å². The van der Waals surface area contributed by atoms with Crippen molar-refractivity contribution in [3.63, 3.8) is 0 Å². The lowest BCUT2D eigenvalue weighted by molar-refractivity contribution is 0.0659. The molecule has 1 unspecified atom stereocenters. The minimum atomic E-state index is -0.264. The van der Waals surface area contributed by atoms with Gasteiger partial charge < -0.3 is 5.11 Å². The lowest BCUT2D eigenvalue weighted by Crippen LogP contribution is -2.24. The molecule has 1 heteroatoms. The van der Waals surface area contributed by atoms with Crippen LogP contribution < -0.4 is 0 Å². The summed E-state index contributed by atoms with van der Waals surface area (Å²) in [4.78, 5) is 0. The number of aliphatic hydroxyl groups excluding tert-OH is 1. The molecule has 1 nitrogen and oxygen atoms in total. The van der Waals surface area contributed by atoms with Crippen LogP contribution in [0.3, 0.4) is 0 Å². The molecule has 1 aromatic rings. The summed E-state index contributed by atoms with van der Waals surface area (Å²) in [6.45, 7) is 6.17. The molecule has 0 bridgehead atoms. The molecule has 88 valence electrons. The van der Waals surface area contributed by atoms with Crippen molar-refractivity contribution in [2.24, 2.45) is 5.41 Å². The first kappa shape index (κ1) is 13.0. The molecule has 0 aliphatic rings. The van der Waals surface area contributed by atoms with Crippen molar-refractivity contribution in [3.8, 4) is 0 Å². The summed E-state index contributed by atoms with van der Waals surface area (Å²) < 4.78 is 0. The summed E-state index contributed by atoms with van der Waals surface area (Å²) >= 11 is 0. The van der Waals surface area contributed by atoms with Gasteiger partial charge in [0.1, 0.15) is 0 Å². The smallest absolute Gasteiger partial charge is 0.0622 e. The highest BCUT2D eigenvalue weighted by Gasteiger charge is 2.20. The number of benzene rings is 1. The van der Waals surface area contributed by atoms with E-state index in [1.54, 1.807) is 0 Å². The van der Waals surface area contributed by atoms with E-state index in [4.69, 9.17) is 0 Å². The van der Waals surface area contributed by atoms with E-state index >= 15 is 0 Å². The summed E-state index contributed by atoms with van der Waals surface area (Å²) in [5, 5.41) is 9.83. The predicted molar refractivity (Wildman–Crippen MR) is 69.4 cm³/mol. The van der Waals surface area contributed by atoms with Crippen LogP contribution in [0.25, 0.3) is 0 Å². The molecule has 1 N–H and O–H groups in total. The first-order chi connectivity index (χ1) is 7.50. The van der Waals surface area contributed by atoms with Crippen molar-refractivity contribution in [2.45, 2.75) is 39.7 Å². The van der Waals surface area contributed by atoms with Crippen molar-refractivity contribution in [1.29, 1.82) is 0 Å². The fourth-order valence-corrected chi connectivity index (χ4v) is 1.41. The van der Waals surface area contributed by atoms with Crippen molar-refractivity contribution in [2.75, 3.05) is 0 Å². The zero-order valence-corrected chi connectivity index (χ0v) is 10.5. The lowest BCUT2D eigenvalue weighted by atomic mass is 9.87. The Balaban J connectivity index is 2.34. The number of rotatable bonds is 4. The molecule has 1 atom stereocenters. The zero-order valence-electron chi connectivity index (χ0n) is 10.5. The Morgan fingerprint density at radius 2 is 1.75 bits per heavy atom. The van der Waals surface area contributed by atoms with E-state index in [0.717, 1.165) is 12.8 Å². The molecule has 0 aliphatic heterocycles. The van der Waals surface area contributed by atoms with Gasteiger partial charge in [-0.25, -0.2) is 0 Å². The second kappa shape index (κ2) is 5.86. The Hall–Kier alpha value is -1.08. The van der Waals surface area contributed by atoms with E-state index in [-0.39, 0.29) is 11.5 Å². The third-order valence-electron chi connectivity index (χ3n) is 2.72. The van der Waals surface area contributed by atoms with Gasteiger partial charge in [0.2, 0.25) is 0 Å². The molecule has 0 radical (unpaired) electrons. The maximum absolute atomic E-state index is 9.83. The first-order valence-corrected chi connectivity index (χ1v) is 5.87. The Kier molecular flexibility index (Phi) is 4.75. The minimum absolute atomic E-state index is 0.0307. The summed E-state index contributed by atoms with van der Waals surface area (Å²) in [5.41, 5.74) is 1.28. The van der Waals surface area contributed by atoms with E-state index in [1.165, 1.54) is 5.56 Å². The van der Waals surface area contributed by atoms with Crippen LogP contribution in [0.2, 0.25) is 0 Å². The highest BCUT2D eigenvalue weighted by Crippen LogP contribution is 2.21. The third kappa shape index (κ3) is 4.63. The van der Waals surface area contributed by atoms with Crippen LogP contribution in [-0.2, 0) is 6.42 Å². The van der Waals surface area contributed by atoms with Crippen molar-refractivity contribution in [1.82, 2.24) is 0 Å². The van der Waals surface area contributed by atoms with Gasteiger partial charge in [0.25, 0.3) is 0 Å². The second-order valence-electron chi connectivity index (χ2n) is 5.28. The number of hydrogen-bond acceptors (Lipinski definition) is 1. The Morgan fingerprint density at radius 3 is 2.31 bits per heavy atom. The van der Waals surface area contributed by atoms with Gasteiger partial charge in [-0.15, -0.1) is 0 Å². The molecule has 16 heavy (non-hydrogen) atoms. The number of hydrogen-bond donors (Lipinski definition) is 1. The van der Waals surface area contributed by atoms with Crippen molar-refractivity contribution < 1.29 is 5.11 Å². The van der Waals surface area contributed by atoms with Crippen LogP contribution in [0.5, 0.6) is 0 Å². The van der Waals surface area contributed by atoms with Gasteiger partial charge in [-0.3, -0.25) is 0 Å². The predicted octanol–water partition coefficient (Wildman–Crippen LogP) is 3.58. The highest BCUT2D eigenvalue weighted by molar-refractivity contribution is 5.17. The Morgan fingerprint density at radius 1 is 1.12 bits per heavy atom. The average molecular weight is 218 g/mol. The van der Waals surface area contributed by atoms with E-state index in [9.17, 15) is 5.11 Å². The number of allylic oxidation sites excluding steroid dienone is 1. The minimum Gasteiger partial charge on any atom is -0.392 e.